The Balaban J connectivity index is 1.85. The van der Waals surface area contributed by atoms with Crippen LogP contribution in [0.4, 0.5) is 5.69 Å². The summed E-state index contributed by atoms with van der Waals surface area (Å²) in [7, 11) is 0. The van der Waals surface area contributed by atoms with Gasteiger partial charge < -0.3 is 10.6 Å². The number of amides is 1. The molecule has 1 aliphatic heterocycles. The van der Waals surface area contributed by atoms with Gasteiger partial charge >= 0.3 is 0 Å². The van der Waals surface area contributed by atoms with Gasteiger partial charge in [-0.1, -0.05) is 6.07 Å². The first-order chi connectivity index (χ1) is 9.13. The lowest BCUT2D eigenvalue weighted by molar-refractivity contribution is 0.0729. The van der Waals surface area contributed by atoms with Crippen molar-refractivity contribution in [1.29, 1.82) is 0 Å². The van der Waals surface area contributed by atoms with E-state index >= 15 is 0 Å². The lowest BCUT2D eigenvalue weighted by Crippen LogP contribution is -2.36. The minimum Gasteiger partial charge on any atom is -0.399 e. The summed E-state index contributed by atoms with van der Waals surface area (Å²) in [6, 6.07) is 9.67. The van der Waals surface area contributed by atoms with Gasteiger partial charge in [0.25, 0.3) is 5.91 Å². The van der Waals surface area contributed by atoms with Crippen molar-refractivity contribution in [3.63, 3.8) is 0 Å². The molecule has 0 fully saturated rings. The summed E-state index contributed by atoms with van der Waals surface area (Å²) in [5, 5.41) is 0. The number of fused-ring (bicyclic) bond motifs is 1. The van der Waals surface area contributed by atoms with Gasteiger partial charge in [0.1, 0.15) is 0 Å². The van der Waals surface area contributed by atoms with E-state index in [2.05, 4.69) is 22.0 Å². The van der Waals surface area contributed by atoms with Crippen molar-refractivity contribution in [2.24, 2.45) is 0 Å². The van der Waals surface area contributed by atoms with Crippen LogP contribution in [0.15, 0.2) is 34.1 Å². The number of halogens is 1. The molecule has 19 heavy (non-hydrogen) atoms. The molecule has 3 nitrogen and oxygen atoms in total. The fraction of sp³-hybridized carbons (Fsp3) is 0.214. The minimum absolute atomic E-state index is 0.0815. The molecule has 5 heteroatoms. The van der Waals surface area contributed by atoms with Crippen molar-refractivity contribution in [3.05, 3.63) is 50.1 Å². The second-order valence-corrected chi connectivity index (χ2v) is 7.15. The van der Waals surface area contributed by atoms with Crippen LogP contribution in [-0.2, 0) is 13.0 Å². The second kappa shape index (κ2) is 4.98. The van der Waals surface area contributed by atoms with Gasteiger partial charge in [0.2, 0.25) is 0 Å². The lowest BCUT2D eigenvalue weighted by Gasteiger charge is -2.28. The Morgan fingerprint density at radius 3 is 2.89 bits per heavy atom. The summed E-state index contributed by atoms with van der Waals surface area (Å²) >= 11 is 5.11. The minimum atomic E-state index is 0.0815. The Labute approximate surface area is 124 Å². The molecule has 0 spiro atoms. The Kier molecular flexibility index (Phi) is 3.33. The van der Waals surface area contributed by atoms with Crippen LogP contribution in [0.3, 0.4) is 0 Å². The highest BCUT2D eigenvalue weighted by Gasteiger charge is 2.24. The highest BCUT2D eigenvalue weighted by Crippen LogP contribution is 2.26. The molecule has 0 aliphatic carbocycles. The number of rotatable bonds is 2. The van der Waals surface area contributed by atoms with Crippen LogP contribution in [0, 0.1) is 0 Å². The molecular weight excluding hydrogens is 324 g/mol. The number of carbonyl (C=O) groups excluding carboxylic acids is 1. The zero-order valence-corrected chi connectivity index (χ0v) is 12.6. The normalized spacial score (nSPS) is 14.6. The van der Waals surface area contributed by atoms with E-state index in [0.29, 0.717) is 12.2 Å². The Morgan fingerprint density at radius 1 is 1.32 bits per heavy atom. The van der Waals surface area contributed by atoms with E-state index in [1.807, 2.05) is 23.1 Å². The summed E-state index contributed by atoms with van der Waals surface area (Å²) in [4.78, 5) is 15.5. The fourth-order valence-electron chi connectivity index (χ4n) is 2.31. The molecule has 1 amide bonds. The van der Waals surface area contributed by atoms with Crippen LogP contribution in [-0.4, -0.2) is 17.4 Å². The molecule has 2 heterocycles. The third-order valence-electron chi connectivity index (χ3n) is 3.28. The van der Waals surface area contributed by atoms with Crippen molar-refractivity contribution < 1.29 is 4.79 Å². The molecule has 0 unspecified atom stereocenters. The van der Waals surface area contributed by atoms with Crippen LogP contribution in [0.1, 0.15) is 20.8 Å². The monoisotopic (exact) mass is 336 g/mol. The summed E-state index contributed by atoms with van der Waals surface area (Å²) in [5.74, 6) is 0.0815. The van der Waals surface area contributed by atoms with Crippen LogP contribution in [0.5, 0.6) is 0 Å². The third-order valence-corrected chi connectivity index (χ3v) is 4.89. The standard InChI is InChI=1S/C14H13BrN2OS/c15-13-4-3-11(19-13)8-17-6-5-9-1-2-10(16)7-12(9)14(17)18/h1-4,7H,5-6,8,16H2. The average Bonchev–Trinajstić information content (AvgIpc) is 2.79. The number of carbonyl (C=O) groups is 1. The second-order valence-electron chi connectivity index (χ2n) is 4.60. The quantitative estimate of drug-likeness (QED) is 0.855. The zero-order valence-electron chi connectivity index (χ0n) is 10.2. The van der Waals surface area contributed by atoms with Crippen molar-refractivity contribution in [2.45, 2.75) is 13.0 Å². The number of anilines is 1. The van der Waals surface area contributed by atoms with E-state index in [4.69, 9.17) is 5.73 Å². The Bertz CT molecular complexity index is 638. The molecule has 2 aromatic rings. The first-order valence-electron chi connectivity index (χ1n) is 6.05. The smallest absolute Gasteiger partial charge is 0.254 e. The first kappa shape index (κ1) is 12.7. The van der Waals surface area contributed by atoms with E-state index < -0.39 is 0 Å². The van der Waals surface area contributed by atoms with Crippen LogP contribution in [0.2, 0.25) is 0 Å². The summed E-state index contributed by atoms with van der Waals surface area (Å²) in [6.07, 6.45) is 0.897. The van der Waals surface area contributed by atoms with E-state index in [1.165, 1.54) is 4.88 Å². The summed E-state index contributed by atoms with van der Waals surface area (Å²) in [6.45, 7) is 1.44. The number of thiophene rings is 1. The van der Waals surface area contributed by atoms with Crippen molar-refractivity contribution in [2.75, 3.05) is 12.3 Å². The molecule has 1 aromatic heterocycles. The summed E-state index contributed by atoms with van der Waals surface area (Å²) in [5.41, 5.74) is 8.27. The van der Waals surface area contributed by atoms with Gasteiger partial charge in [-0.25, -0.2) is 0 Å². The van der Waals surface area contributed by atoms with E-state index in [1.54, 1.807) is 17.4 Å². The van der Waals surface area contributed by atoms with Gasteiger partial charge in [0, 0.05) is 22.7 Å². The van der Waals surface area contributed by atoms with Gasteiger partial charge in [-0.05, 0) is 52.2 Å². The SMILES string of the molecule is Nc1ccc2c(c1)C(=O)N(Cc1ccc(Br)s1)CC2. The zero-order chi connectivity index (χ0) is 13.4. The molecule has 0 radical (unpaired) electrons. The maximum absolute atomic E-state index is 12.4. The van der Waals surface area contributed by atoms with Crippen LogP contribution < -0.4 is 5.73 Å². The molecule has 0 saturated carbocycles. The molecule has 0 bridgehead atoms. The molecule has 3 rings (SSSR count). The molecule has 2 N–H and O–H groups in total. The van der Waals surface area contributed by atoms with Gasteiger partial charge in [0.15, 0.2) is 0 Å². The molecular formula is C14H13BrN2OS. The fourth-order valence-corrected chi connectivity index (χ4v) is 3.81. The van der Waals surface area contributed by atoms with Crippen molar-refractivity contribution in [1.82, 2.24) is 4.90 Å². The number of hydrogen-bond acceptors (Lipinski definition) is 3. The van der Waals surface area contributed by atoms with Crippen LogP contribution >= 0.6 is 27.3 Å². The van der Waals surface area contributed by atoms with Gasteiger partial charge in [-0.15, -0.1) is 11.3 Å². The van der Waals surface area contributed by atoms with E-state index in [-0.39, 0.29) is 5.91 Å². The van der Waals surface area contributed by atoms with Crippen molar-refractivity contribution >= 4 is 38.9 Å². The van der Waals surface area contributed by atoms with Gasteiger partial charge in [-0.2, -0.15) is 0 Å². The van der Waals surface area contributed by atoms with E-state index in [0.717, 1.165) is 27.9 Å². The maximum atomic E-state index is 12.4. The van der Waals surface area contributed by atoms with Crippen LogP contribution in [0.25, 0.3) is 0 Å². The van der Waals surface area contributed by atoms with E-state index in [9.17, 15) is 4.79 Å². The number of hydrogen-bond donors (Lipinski definition) is 1. The number of nitrogen functional groups attached to an aromatic ring is 1. The highest BCUT2D eigenvalue weighted by atomic mass is 79.9. The highest BCUT2D eigenvalue weighted by molar-refractivity contribution is 9.11. The number of nitrogens with zero attached hydrogens (tertiary/aromatic N) is 1. The predicted octanol–water partition coefficient (Wildman–Crippen LogP) is 3.29. The Hall–Kier alpha value is -1.33. The molecule has 0 saturated heterocycles. The molecule has 1 aromatic carbocycles. The van der Waals surface area contributed by atoms with Gasteiger partial charge in [0.05, 0.1) is 10.3 Å². The molecule has 0 atom stereocenters. The first-order valence-corrected chi connectivity index (χ1v) is 7.66. The number of nitrogens with two attached hydrogens (primary N) is 1. The maximum Gasteiger partial charge on any atom is 0.254 e. The largest absolute Gasteiger partial charge is 0.399 e. The summed E-state index contributed by atoms with van der Waals surface area (Å²) < 4.78 is 1.09. The molecule has 98 valence electrons. The lowest BCUT2D eigenvalue weighted by atomic mass is 9.98. The average molecular weight is 337 g/mol. The van der Waals surface area contributed by atoms with Gasteiger partial charge in [-0.3, -0.25) is 4.79 Å². The topological polar surface area (TPSA) is 46.3 Å². The molecule has 1 aliphatic rings. The Morgan fingerprint density at radius 2 is 2.16 bits per heavy atom. The third kappa shape index (κ3) is 2.53. The van der Waals surface area contributed by atoms with Crippen molar-refractivity contribution in [3.8, 4) is 0 Å². The number of benzene rings is 1. The predicted molar refractivity (Wildman–Crippen MR) is 81.3 cm³/mol.